The van der Waals surface area contributed by atoms with Crippen LogP contribution in [-0.2, 0) is 4.84 Å². The molecule has 2 atom stereocenters. The molecule has 1 N–H and O–H groups in total. The van der Waals surface area contributed by atoms with Crippen molar-refractivity contribution in [2.45, 2.75) is 44.4 Å². The summed E-state index contributed by atoms with van der Waals surface area (Å²) < 4.78 is 0. The summed E-state index contributed by atoms with van der Waals surface area (Å²) in [5, 5.41) is 7.74. The van der Waals surface area contributed by atoms with Crippen LogP contribution in [0.1, 0.15) is 32.1 Å². The normalized spacial score (nSPS) is 34.4. The van der Waals surface area contributed by atoms with Crippen LogP contribution in [-0.4, -0.2) is 43.0 Å². The van der Waals surface area contributed by atoms with E-state index in [-0.39, 0.29) is 6.23 Å². The van der Waals surface area contributed by atoms with Crippen LogP contribution in [0.15, 0.2) is 16.8 Å². The molecule has 0 spiro atoms. The van der Waals surface area contributed by atoms with Crippen LogP contribution in [0.4, 0.5) is 0 Å². The summed E-state index contributed by atoms with van der Waals surface area (Å²) in [6, 6.07) is 0.458. The van der Waals surface area contributed by atoms with Gasteiger partial charge in [-0.25, -0.2) is 0 Å². The van der Waals surface area contributed by atoms with E-state index in [1.54, 1.807) is 0 Å². The first-order valence-electron chi connectivity index (χ1n) is 6.74. The minimum atomic E-state index is 0.0165. The number of hydrogen-bond donors (Lipinski definition) is 1. The van der Waals surface area contributed by atoms with Crippen molar-refractivity contribution in [3.63, 3.8) is 0 Å². The van der Waals surface area contributed by atoms with E-state index in [4.69, 9.17) is 4.84 Å². The largest absolute Gasteiger partial charge is 0.371 e. The van der Waals surface area contributed by atoms with Crippen molar-refractivity contribution in [1.82, 2.24) is 10.2 Å². The molecule has 4 heteroatoms. The van der Waals surface area contributed by atoms with Crippen molar-refractivity contribution in [3.8, 4) is 0 Å². The third kappa shape index (κ3) is 2.11. The standard InChI is InChI=1S/C13H21N3O/c1-16-9-5-3-7-11(16)12-10-6-2-4-8-14-13(10)17-15-12/h6,11,13-14H,2-5,7-9H2,1H3/t11-,13+/m1/s1. The topological polar surface area (TPSA) is 36.9 Å². The van der Waals surface area contributed by atoms with Gasteiger partial charge < -0.3 is 4.84 Å². The first-order valence-corrected chi connectivity index (χ1v) is 6.74. The van der Waals surface area contributed by atoms with Crippen molar-refractivity contribution < 1.29 is 4.84 Å². The van der Waals surface area contributed by atoms with Gasteiger partial charge in [0.15, 0.2) is 0 Å². The maximum absolute atomic E-state index is 5.53. The molecule has 1 saturated heterocycles. The first-order chi connectivity index (χ1) is 8.36. The number of allylic oxidation sites excluding steroid dienone is 1. The van der Waals surface area contributed by atoms with Crippen molar-refractivity contribution in [2.24, 2.45) is 5.16 Å². The Morgan fingerprint density at radius 1 is 1.41 bits per heavy atom. The van der Waals surface area contributed by atoms with Gasteiger partial charge in [0.25, 0.3) is 0 Å². The number of nitrogens with one attached hydrogen (secondary N) is 1. The van der Waals surface area contributed by atoms with E-state index < -0.39 is 0 Å². The number of oxime groups is 1. The van der Waals surface area contributed by atoms with Crippen LogP contribution >= 0.6 is 0 Å². The van der Waals surface area contributed by atoms with E-state index in [9.17, 15) is 0 Å². The van der Waals surface area contributed by atoms with E-state index in [1.165, 1.54) is 43.5 Å². The van der Waals surface area contributed by atoms with Gasteiger partial charge in [-0.3, -0.25) is 10.2 Å². The van der Waals surface area contributed by atoms with Crippen molar-refractivity contribution in [2.75, 3.05) is 20.1 Å². The maximum atomic E-state index is 5.53. The number of fused-ring (bicyclic) bond motifs is 1. The lowest BCUT2D eigenvalue weighted by Gasteiger charge is -2.32. The molecule has 0 aliphatic carbocycles. The molecule has 0 bridgehead atoms. The van der Waals surface area contributed by atoms with Gasteiger partial charge >= 0.3 is 0 Å². The van der Waals surface area contributed by atoms with E-state index in [2.05, 4.69) is 28.5 Å². The van der Waals surface area contributed by atoms with E-state index >= 15 is 0 Å². The monoisotopic (exact) mass is 235 g/mol. The number of hydrogen-bond acceptors (Lipinski definition) is 4. The SMILES string of the molecule is CN1CCCC[C@@H]1C1=NO[C@@H]2NCCCC=C12. The maximum Gasteiger partial charge on any atom is 0.206 e. The molecule has 0 amide bonds. The van der Waals surface area contributed by atoms with Crippen LogP contribution in [0.3, 0.4) is 0 Å². The summed E-state index contributed by atoms with van der Waals surface area (Å²) in [5.41, 5.74) is 2.47. The average molecular weight is 235 g/mol. The van der Waals surface area contributed by atoms with Gasteiger partial charge in [-0.15, -0.1) is 0 Å². The Hall–Kier alpha value is -0.870. The van der Waals surface area contributed by atoms with Gasteiger partial charge in [-0.2, -0.15) is 0 Å². The molecule has 1 fully saturated rings. The highest BCUT2D eigenvalue weighted by Crippen LogP contribution is 2.27. The summed E-state index contributed by atoms with van der Waals surface area (Å²) in [7, 11) is 2.20. The zero-order valence-electron chi connectivity index (χ0n) is 10.5. The van der Waals surface area contributed by atoms with Gasteiger partial charge in [-0.05, 0) is 45.8 Å². The van der Waals surface area contributed by atoms with E-state index in [0.717, 1.165) is 13.0 Å². The lowest BCUT2D eigenvalue weighted by atomic mass is 9.93. The number of nitrogens with zero attached hydrogens (tertiary/aromatic N) is 2. The molecule has 0 unspecified atom stereocenters. The van der Waals surface area contributed by atoms with Crippen molar-refractivity contribution in [3.05, 3.63) is 11.6 Å². The molecule has 4 nitrogen and oxygen atoms in total. The van der Waals surface area contributed by atoms with Crippen LogP contribution in [0.25, 0.3) is 0 Å². The van der Waals surface area contributed by atoms with Crippen LogP contribution in [0, 0.1) is 0 Å². The predicted octanol–water partition coefficient (Wildman–Crippen LogP) is 1.49. The molecule has 3 aliphatic heterocycles. The molecule has 0 aromatic rings. The Morgan fingerprint density at radius 3 is 3.24 bits per heavy atom. The molecule has 0 aromatic heterocycles. The fourth-order valence-corrected chi connectivity index (χ4v) is 2.98. The highest BCUT2D eigenvalue weighted by Gasteiger charge is 2.35. The zero-order valence-corrected chi connectivity index (χ0v) is 10.5. The van der Waals surface area contributed by atoms with E-state index in [1.807, 2.05) is 0 Å². The third-order valence-corrected chi connectivity index (χ3v) is 4.00. The van der Waals surface area contributed by atoms with Crippen LogP contribution < -0.4 is 5.32 Å². The second-order valence-corrected chi connectivity index (χ2v) is 5.21. The second kappa shape index (κ2) is 4.78. The predicted molar refractivity (Wildman–Crippen MR) is 67.9 cm³/mol. The lowest BCUT2D eigenvalue weighted by molar-refractivity contribution is 0.0803. The van der Waals surface area contributed by atoms with Gasteiger partial charge in [0, 0.05) is 5.57 Å². The molecule has 17 heavy (non-hydrogen) atoms. The van der Waals surface area contributed by atoms with Gasteiger partial charge in [0.05, 0.1) is 6.04 Å². The van der Waals surface area contributed by atoms with Crippen LogP contribution in [0.5, 0.6) is 0 Å². The Balaban J connectivity index is 1.80. The molecule has 3 heterocycles. The lowest BCUT2D eigenvalue weighted by Crippen LogP contribution is -2.43. The highest BCUT2D eigenvalue weighted by molar-refractivity contribution is 6.05. The molecular weight excluding hydrogens is 214 g/mol. The fourth-order valence-electron chi connectivity index (χ4n) is 2.98. The Labute approximate surface area is 103 Å². The molecular formula is C13H21N3O. The summed E-state index contributed by atoms with van der Waals surface area (Å²) in [6.07, 6.45) is 8.49. The Bertz CT molecular complexity index is 351. The fraction of sp³-hybridized carbons (Fsp3) is 0.769. The summed E-state index contributed by atoms with van der Waals surface area (Å²) in [5.74, 6) is 0. The second-order valence-electron chi connectivity index (χ2n) is 5.21. The highest BCUT2D eigenvalue weighted by atomic mass is 16.7. The summed E-state index contributed by atoms with van der Waals surface area (Å²) in [4.78, 5) is 7.95. The first kappa shape index (κ1) is 11.2. The number of rotatable bonds is 1. The minimum absolute atomic E-state index is 0.0165. The Morgan fingerprint density at radius 2 is 2.35 bits per heavy atom. The van der Waals surface area contributed by atoms with Gasteiger partial charge in [-0.1, -0.05) is 17.7 Å². The smallest absolute Gasteiger partial charge is 0.206 e. The van der Waals surface area contributed by atoms with Crippen LogP contribution in [0.2, 0.25) is 0 Å². The molecule has 0 saturated carbocycles. The van der Waals surface area contributed by atoms with Crippen molar-refractivity contribution >= 4 is 5.71 Å². The Kier molecular flexibility index (Phi) is 3.16. The molecule has 0 radical (unpaired) electrons. The van der Waals surface area contributed by atoms with Gasteiger partial charge in [0.1, 0.15) is 5.71 Å². The molecule has 94 valence electrons. The summed E-state index contributed by atoms with van der Waals surface area (Å²) in [6.45, 7) is 2.20. The molecule has 3 rings (SSSR count). The molecule has 3 aliphatic rings. The van der Waals surface area contributed by atoms with Crippen molar-refractivity contribution in [1.29, 1.82) is 0 Å². The minimum Gasteiger partial charge on any atom is -0.371 e. The number of likely N-dealkylation sites (tertiary alicyclic amines) is 1. The quantitative estimate of drug-likeness (QED) is 0.748. The zero-order chi connectivity index (χ0) is 11.7. The van der Waals surface area contributed by atoms with E-state index in [0.29, 0.717) is 6.04 Å². The third-order valence-electron chi connectivity index (χ3n) is 4.00. The molecule has 0 aromatic carbocycles. The summed E-state index contributed by atoms with van der Waals surface area (Å²) >= 11 is 0. The number of piperidine rings is 1. The van der Waals surface area contributed by atoms with Gasteiger partial charge in [0.2, 0.25) is 6.23 Å². The average Bonchev–Trinajstić information content (AvgIpc) is 2.59.